The molecule has 102 valence electrons. The maximum atomic E-state index is 11.7. The van der Waals surface area contributed by atoms with Gasteiger partial charge >= 0.3 is 5.97 Å². The standard InChI is InChI=1S/C17H16O3/c1-19-16-11-10-14(12-15(16)17(18)20-2)9-8-13-6-4-3-5-7-13/h3-12H,1-2H3/b9-8-. The minimum Gasteiger partial charge on any atom is -0.496 e. The summed E-state index contributed by atoms with van der Waals surface area (Å²) in [5.41, 5.74) is 2.43. The van der Waals surface area contributed by atoms with E-state index >= 15 is 0 Å². The van der Waals surface area contributed by atoms with E-state index in [0.29, 0.717) is 11.3 Å². The summed E-state index contributed by atoms with van der Waals surface area (Å²) < 4.78 is 9.91. The van der Waals surface area contributed by atoms with E-state index in [1.165, 1.54) is 14.2 Å². The molecule has 0 saturated heterocycles. The fourth-order valence-corrected chi connectivity index (χ4v) is 1.86. The highest BCUT2D eigenvalue weighted by Gasteiger charge is 2.12. The molecule has 0 bridgehead atoms. The van der Waals surface area contributed by atoms with Crippen LogP contribution in [0.4, 0.5) is 0 Å². The molecule has 0 saturated carbocycles. The van der Waals surface area contributed by atoms with E-state index in [1.54, 1.807) is 12.1 Å². The van der Waals surface area contributed by atoms with Gasteiger partial charge < -0.3 is 9.47 Å². The highest BCUT2D eigenvalue weighted by atomic mass is 16.5. The Morgan fingerprint density at radius 3 is 2.30 bits per heavy atom. The second-order valence-corrected chi connectivity index (χ2v) is 4.20. The molecule has 2 rings (SSSR count). The summed E-state index contributed by atoms with van der Waals surface area (Å²) in [7, 11) is 2.88. The number of ether oxygens (including phenoxy) is 2. The molecule has 0 fully saturated rings. The third-order valence-corrected chi connectivity index (χ3v) is 2.90. The Hall–Kier alpha value is -2.55. The van der Waals surface area contributed by atoms with Gasteiger partial charge in [-0.3, -0.25) is 0 Å². The molecular formula is C17H16O3. The van der Waals surface area contributed by atoms with E-state index in [4.69, 9.17) is 9.47 Å². The molecule has 0 radical (unpaired) electrons. The molecule has 0 aromatic heterocycles. The van der Waals surface area contributed by atoms with Crippen molar-refractivity contribution in [2.45, 2.75) is 0 Å². The lowest BCUT2D eigenvalue weighted by Crippen LogP contribution is -2.04. The van der Waals surface area contributed by atoms with Gasteiger partial charge in [0.1, 0.15) is 11.3 Å². The first-order valence-electron chi connectivity index (χ1n) is 6.24. The van der Waals surface area contributed by atoms with Gasteiger partial charge in [0.25, 0.3) is 0 Å². The molecule has 0 aliphatic carbocycles. The highest BCUT2D eigenvalue weighted by molar-refractivity contribution is 5.93. The molecule has 0 spiro atoms. The van der Waals surface area contributed by atoms with E-state index in [9.17, 15) is 4.79 Å². The van der Waals surface area contributed by atoms with Crippen molar-refractivity contribution in [2.75, 3.05) is 14.2 Å². The molecule has 2 aromatic rings. The summed E-state index contributed by atoms with van der Waals surface area (Å²) in [6, 6.07) is 15.4. The molecule has 0 aliphatic rings. The van der Waals surface area contributed by atoms with Crippen LogP contribution in [0.1, 0.15) is 21.5 Å². The predicted molar refractivity (Wildman–Crippen MR) is 79.7 cm³/mol. The summed E-state index contributed by atoms with van der Waals surface area (Å²) in [5, 5.41) is 0. The quantitative estimate of drug-likeness (QED) is 0.627. The average molecular weight is 268 g/mol. The topological polar surface area (TPSA) is 35.5 Å². The van der Waals surface area contributed by atoms with Crippen LogP contribution in [0.15, 0.2) is 48.5 Å². The van der Waals surface area contributed by atoms with Crippen LogP contribution in [0.25, 0.3) is 12.2 Å². The fraction of sp³-hybridized carbons (Fsp3) is 0.118. The van der Waals surface area contributed by atoms with Crippen LogP contribution in [-0.2, 0) is 4.74 Å². The Bertz CT molecular complexity index is 615. The van der Waals surface area contributed by atoms with E-state index in [1.807, 2.05) is 48.6 Å². The summed E-state index contributed by atoms with van der Waals surface area (Å²) in [5.74, 6) is 0.102. The van der Waals surface area contributed by atoms with Gasteiger partial charge in [0.2, 0.25) is 0 Å². The molecule has 0 atom stereocenters. The zero-order chi connectivity index (χ0) is 14.4. The Labute approximate surface area is 118 Å². The SMILES string of the molecule is COC(=O)c1cc(/C=C\c2ccccc2)ccc1OC. The molecule has 20 heavy (non-hydrogen) atoms. The summed E-state index contributed by atoms with van der Waals surface area (Å²) >= 11 is 0. The third kappa shape index (κ3) is 3.26. The lowest BCUT2D eigenvalue weighted by atomic mass is 10.1. The number of carbonyl (C=O) groups is 1. The zero-order valence-corrected chi connectivity index (χ0v) is 11.5. The fourth-order valence-electron chi connectivity index (χ4n) is 1.86. The zero-order valence-electron chi connectivity index (χ0n) is 11.5. The molecule has 2 aromatic carbocycles. The first-order chi connectivity index (χ1) is 9.74. The number of methoxy groups -OCH3 is 2. The van der Waals surface area contributed by atoms with Crippen molar-refractivity contribution in [3.05, 3.63) is 65.2 Å². The van der Waals surface area contributed by atoms with Gasteiger partial charge in [0.15, 0.2) is 0 Å². The van der Waals surface area contributed by atoms with Gasteiger partial charge in [-0.25, -0.2) is 4.79 Å². The van der Waals surface area contributed by atoms with Crippen LogP contribution in [-0.4, -0.2) is 20.2 Å². The van der Waals surface area contributed by atoms with Crippen molar-refractivity contribution < 1.29 is 14.3 Å². The maximum Gasteiger partial charge on any atom is 0.341 e. The van der Waals surface area contributed by atoms with Crippen molar-refractivity contribution in [1.82, 2.24) is 0 Å². The maximum absolute atomic E-state index is 11.7. The van der Waals surface area contributed by atoms with Crippen LogP contribution >= 0.6 is 0 Å². The smallest absolute Gasteiger partial charge is 0.341 e. The van der Waals surface area contributed by atoms with E-state index in [2.05, 4.69) is 0 Å². The number of rotatable bonds is 4. The second kappa shape index (κ2) is 6.57. The number of esters is 1. The molecule has 0 N–H and O–H groups in total. The van der Waals surface area contributed by atoms with Crippen LogP contribution in [0.3, 0.4) is 0 Å². The van der Waals surface area contributed by atoms with Gasteiger partial charge in [0.05, 0.1) is 14.2 Å². The number of benzene rings is 2. The van der Waals surface area contributed by atoms with Gasteiger partial charge in [-0.1, -0.05) is 48.6 Å². The monoisotopic (exact) mass is 268 g/mol. The van der Waals surface area contributed by atoms with Crippen molar-refractivity contribution >= 4 is 18.1 Å². The summed E-state index contributed by atoms with van der Waals surface area (Å²) in [6.07, 6.45) is 3.93. The van der Waals surface area contributed by atoms with Gasteiger partial charge in [-0.15, -0.1) is 0 Å². The van der Waals surface area contributed by atoms with Crippen LogP contribution in [0.5, 0.6) is 5.75 Å². The normalized spacial score (nSPS) is 10.5. The van der Waals surface area contributed by atoms with Gasteiger partial charge in [-0.05, 0) is 23.3 Å². The van der Waals surface area contributed by atoms with E-state index < -0.39 is 5.97 Å². The summed E-state index contributed by atoms with van der Waals surface area (Å²) in [6.45, 7) is 0. The Morgan fingerprint density at radius 1 is 0.950 bits per heavy atom. The first kappa shape index (κ1) is 13.9. The van der Waals surface area contributed by atoms with Crippen molar-refractivity contribution in [2.24, 2.45) is 0 Å². The Balaban J connectivity index is 2.29. The van der Waals surface area contributed by atoms with Gasteiger partial charge in [-0.2, -0.15) is 0 Å². The molecule has 0 heterocycles. The molecule has 3 nitrogen and oxygen atoms in total. The molecule has 0 amide bonds. The van der Waals surface area contributed by atoms with Gasteiger partial charge in [0, 0.05) is 0 Å². The van der Waals surface area contributed by atoms with Crippen LogP contribution in [0, 0.1) is 0 Å². The van der Waals surface area contributed by atoms with Crippen molar-refractivity contribution in [3.63, 3.8) is 0 Å². The lowest BCUT2D eigenvalue weighted by Gasteiger charge is -2.07. The number of carbonyl (C=O) groups excluding carboxylic acids is 1. The second-order valence-electron chi connectivity index (χ2n) is 4.20. The minimum absolute atomic E-state index is 0.406. The number of hydrogen-bond donors (Lipinski definition) is 0. The third-order valence-electron chi connectivity index (χ3n) is 2.90. The van der Waals surface area contributed by atoms with Crippen LogP contribution < -0.4 is 4.74 Å². The largest absolute Gasteiger partial charge is 0.496 e. The predicted octanol–water partition coefficient (Wildman–Crippen LogP) is 3.65. The Morgan fingerprint density at radius 2 is 1.65 bits per heavy atom. The first-order valence-corrected chi connectivity index (χ1v) is 6.24. The average Bonchev–Trinajstić information content (AvgIpc) is 2.52. The summed E-state index contributed by atoms with van der Waals surface area (Å²) in [4.78, 5) is 11.7. The highest BCUT2D eigenvalue weighted by Crippen LogP contribution is 2.22. The van der Waals surface area contributed by atoms with E-state index in [0.717, 1.165) is 11.1 Å². The van der Waals surface area contributed by atoms with Crippen molar-refractivity contribution in [1.29, 1.82) is 0 Å². The molecule has 0 aliphatic heterocycles. The molecule has 0 unspecified atom stereocenters. The number of hydrogen-bond acceptors (Lipinski definition) is 3. The van der Waals surface area contributed by atoms with Crippen LogP contribution in [0.2, 0.25) is 0 Å². The Kier molecular flexibility index (Phi) is 4.56. The minimum atomic E-state index is -0.406. The lowest BCUT2D eigenvalue weighted by molar-refractivity contribution is 0.0597. The molecular weight excluding hydrogens is 252 g/mol. The molecule has 3 heteroatoms. The van der Waals surface area contributed by atoms with E-state index in [-0.39, 0.29) is 0 Å². The van der Waals surface area contributed by atoms with Crippen molar-refractivity contribution in [3.8, 4) is 5.75 Å².